The summed E-state index contributed by atoms with van der Waals surface area (Å²) in [6.07, 6.45) is 3.52. The van der Waals surface area contributed by atoms with Crippen LogP contribution in [0.25, 0.3) is 0 Å². The number of piperidine rings is 1. The van der Waals surface area contributed by atoms with Crippen molar-refractivity contribution in [3.05, 3.63) is 24.0 Å². The van der Waals surface area contributed by atoms with Crippen molar-refractivity contribution in [1.82, 2.24) is 4.98 Å². The molecule has 1 unspecified atom stereocenters. The summed E-state index contributed by atoms with van der Waals surface area (Å²) in [5, 5.41) is 17.3. The van der Waals surface area contributed by atoms with Gasteiger partial charge < -0.3 is 15.7 Å². The van der Waals surface area contributed by atoms with Gasteiger partial charge in [-0.25, -0.2) is 0 Å². The first-order chi connectivity index (χ1) is 7.98. The predicted molar refractivity (Wildman–Crippen MR) is 67.3 cm³/mol. The maximum atomic E-state index is 10.0. The molecule has 0 aromatic carbocycles. The SMILES string of the molecule is CC1(O)CCCN(c2ccc(C(=N)N)nc2)C1. The van der Waals surface area contributed by atoms with E-state index in [0.717, 1.165) is 25.1 Å². The van der Waals surface area contributed by atoms with Crippen LogP contribution in [0.15, 0.2) is 18.3 Å². The first-order valence-electron chi connectivity index (χ1n) is 5.76. The second-order valence-electron chi connectivity index (χ2n) is 4.84. The molecule has 0 radical (unpaired) electrons. The monoisotopic (exact) mass is 234 g/mol. The molecule has 1 fully saturated rings. The highest BCUT2D eigenvalue weighted by Gasteiger charge is 2.28. The van der Waals surface area contributed by atoms with Crippen LogP contribution in [0.3, 0.4) is 0 Å². The Labute approximate surface area is 101 Å². The fraction of sp³-hybridized carbons (Fsp3) is 0.500. The van der Waals surface area contributed by atoms with E-state index in [9.17, 15) is 5.11 Å². The fourth-order valence-corrected chi connectivity index (χ4v) is 2.17. The zero-order valence-corrected chi connectivity index (χ0v) is 9.98. The summed E-state index contributed by atoms with van der Waals surface area (Å²) in [4.78, 5) is 6.24. The van der Waals surface area contributed by atoms with Gasteiger partial charge in [0.05, 0.1) is 17.5 Å². The Morgan fingerprint density at radius 1 is 1.59 bits per heavy atom. The minimum Gasteiger partial charge on any atom is -0.388 e. The molecule has 1 aliphatic rings. The van der Waals surface area contributed by atoms with Gasteiger partial charge in [0.25, 0.3) is 0 Å². The third-order valence-electron chi connectivity index (χ3n) is 3.06. The van der Waals surface area contributed by atoms with Gasteiger partial charge >= 0.3 is 0 Å². The number of nitrogen functional groups attached to an aromatic ring is 1. The van der Waals surface area contributed by atoms with E-state index in [4.69, 9.17) is 11.1 Å². The number of amidine groups is 1. The Kier molecular flexibility index (Phi) is 3.02. The molecule has 1 atom stereocenters. The van der Waals surface area contributed by atoms with Crippen LogP contribution in [-0.2, 0) is 0 Å². The van der Waals surface area contributed by atoms with Crippen LogP contribution < -0.4 is 10.6 Å². The standard InChI is InChI=1S/C12H18N4O/c1-12(17)5-2-6-16(8-12)9-3-4-10(11(13)14)15-7-9/h3-4,7,17H,2,5-6,8H2,1H3,(H3,13,14). The molecule has 1 aliphatic heterocycles. The van der Waals surface area contributed by atoms with Gasteiger partial charge in [0, 0.05) is 13.1 Å². The topological polar surface area (TPSA) is 86.2 Å². The zero-order valence-electron chi connectivity index (χ0n) is 9.98. The molecular weight excluding hydrogens is 216 g/mol. The largest absolute Gasteiger partial charge is 0.388 e. The second kappa shape index (κ2) is 4.33. The molecule has 2 heterocycles. The lowest BCUT2D eigenvalue weighted by Gasteiger charge is -2.38. The van der Waals surface area contributed by atoms with Crippen LogP contribution in [0.1, 0.15) is 25.5 Å². The number of nitrogens with zero attached hydrogens (tertiary/aromatic N) is 2. The molecule has 4 N–H and O–H groups in total. The summed E-state index contributed by atoms with van der Waals surface area (Å²) in [6, 6.07) is 3.63. The molecule has 92 valence electrons. The highest BCUT2D eigenvalue weighted by molar-refractivity contribution is 5.93. The Hall–Kier alpha value is -1.62. The third-order valence-corrected chi connectivity index (χ3v) is 3.06. The van der Waals surface area contributed by atoms with Gasteiger partial charge in [0.15, 0.2) is 0 Å². The third kappa shape index (κ3) is 2.74. The van der Waals surface area contributed by atoms with Crippen molar-refractivity contribution in [2.75, 3.05) is 18.0 Å². The highest BCUT2D eigenvalue weighted by atomic mass is 16.3. The quantitative estimate of drug-likeness (QED) is 0.520. The number of hydrogen-bond donors (Lipinski definition) is 3. The summed E-state index contributed by atoms with van der Waals surface area (Å²) in [5.41, 5.74) is 6.18. The number of nitrogens with two attached hydrogens (primary N) is 1. The number of anilines is 1. The number of nitrogens with one attached hydrogen (secondary N) is 1. The molecule has 1 aromatic heterocycles. The molecule has 1 aromatic rings. The first kappa shape index (κ1) is 11.9. The summed E-state index contributed by atoms with van der Waals surface area (Å²) in [7, 11) is 0. The molecule has 17 heavy (non-hydrogen) atoms. The van der Waals surface area contributed by atoms with E-state index in [-0.39, 0.29) is 5.84 Å². The lowest BCUT2D eigenvalue weighted by atomic mass is 9.95. The van der Waals surface area contributed by atoms with Crippen LogP contribution >= 0.6 is 0 Å². The van der Waals surface area contributed by atoms with Crippen molar-refractivity contribution < 1.29 is 5.11 Å². The Morgan fingerprint density at radius 3 is 2.88 bits per heavy atom. The Balaban J connectivity index is 2.14. The van der Waals surface area contributed by atoms with Gasteiger partial charge in [-0.05, 0) is 31.9 Å². The van der Waals surface area contributed by atoms with Gasteiger partial charge in [-0.3, -0.25) is 10.4 Å². The number of rotatable bonds is 2. The van der Waals surface area contributed by atoms with E-state index >= 15 is 0 Å². The summed E-state index contributed by atoms with van der Waals surface area (Å²) < 4.78 is 0. The summed E-state index contributed by atoms with van der Waals surface area (Å²) >= 11 is 0. The van der Waals surface area contributed by atoms with Crippen LogP contribution in [0.2, 0.25) is 0 Å². The van der Waals surface area contributed by atoms with Crippen LogP contribution in [0.4, 0.5) is 5.69 Å². The molecule has 0 bridgehead atoms. The normalized spacial score (nSPS) is 24.7. The van der Waals surface area contributed by atoms with Crippen molar-refractivity contribution in [2.24, 2.45) is 5.73 Å². The number of pyridine rings is 1. The molecule has 0 amide bonds. The van der Waals surface area contributed by atoms with Crippen molar-refractivity contribution >= 4 is 11.5 Å². The van der Waals surface area contributed by atoms with E-state index < -0.39 is 5.60 Å². The van der Waals surface area contributed by atoms with Gasteiger partial charge in [0.1, 0.15) is 11.5 Å². The summed E-state index contributed by atoms with van der Waals surface area (Å²) in [5.74, 6) is -0.0257. The average molecular weight is 234 g/mol. The van der Waals surface area contributed by atoms with Crippen molar-refractivity contribution in [1.29, 1.82) is 5.41 Å². The molecule has 0 aliphatic carbocycles. The highest BCUT2D eigenvalue weighted by Crippen LogP contribution is 2.25. The second-order valence-corrected chi connectivity index (χ2v) is 4.84. The van der Waals surface area contributed by atoms with Gasteiger partial charge in [-0.2, -0.15) is 0 Å². The first-order valence-corrected chi connectivity index (χ1v) is 5.76. The number of hydrogen-bond acceptors (Lipinski definition) is 4. The number of β-amino-alcohol motifs (C(OH)–C–C–N with tert-alkyl or cyclic N) is 1. The smallest absolute Gasteiger partial charge is 0.141 e. The molecule has 5 heteroatoms. The van der Waals surface area contributed by atoms with Crippen molar-refractivity contribution in [2.45, 2.75) is 25.4 Å². The summed E-state index contributed by atoms with van der Waals surface area (Å²) in [6.45, 7) is 3.40. The molecule has 5 nitrogen and oxygen atoms in total. The van der Waals surface area contributed by atoms with Crippen LogP contribution in [0.5, 0.6) is 0 Å². The van der Waals surface area contributed by atoms with Gasteiger partial charge in [-0.15, -0.1) is 0 Å². The molecule has 1 saturated heterocycles. The predicted octanol–water partition coefficient (Wildman–Crippen LogP) is 0.717. The van der Waals surface area contributed by atoms with E-state index in [1.54, 1.807) is 12.3 Å². The molecular formula is C12H18N4O. The zero-order chi connectivity index (χ0) is 12.5. The Morgan fingerprint density at radius 2 is 2.35 bits per heavy atom. The maximum absolute atomic E-state index is 10.0. The molecule has 0 spiro atoms. The minimum atomic E-state index is -0.627. The van der Waals surface area contributed by atoms with E-state index in [0.29, 0.717) is 12.2 Å². The maximum Gasteiger partial charge on any atom is 0.141 e. The average Bonchev–Trinajstić information content (AvgIpc) is 2.28. The number of aromatic nitrogens is 1. The lowest BCUT2D eigenvalue weighted by Crippen LogP contribution is -2.46. The number of aliphatic hydroxyl groups is 1. The van der Waals surface area contributed by atoms with E-state index in [1.165, 1.54) is 0 Å². The van der Waals surface area contributed by atoms with E-state index in [1.807, 2.05) is 13.0 Å². The van der Waals surface area contributed by atoms with Gasteiger partial charge in [-0.1, -0.05) is 0 Å². The Bertz CT molecular complexity index is 413. The minimum absolute atomic E-state index is 0.0257. The van der Waals surface area contributed by atoms with Gasteiger partial charge in [0.2, 0.25) is 0 Å². The molecule has 0 saturated carbocycles. The van der Waals surface area contributed by atoms with Crippen molar-refractivity contribution in [3.8, 4) is 0 Å². The van der Waals surface area contributed by atoms with Crippen LogP contribution in [-0.4, -0.2) is 34.6 Å². The van der Waals surface area contributed by atoms with E-state index in [2.05, 4.69) is 9.88 Å². The molecule has 2 rings (SSSR count). The fourth-order valence-electron chi connectivity index (χ4n) is 2.17. The van der Waals surface area contributed by atoms with Crippen LogP contribution in [0, 0.1) is 5.41 Å². The van der Waals surface area contributed by atoms with Crippen molar-refractivity contribution in [3.63, 3.8) is 0 Å². The lowest BCUT2D eigenvalue weighted by molar-refractivity contribution is 0.0449.